The lowest BCUT2D eigenvalue weighted by molar-refractivity contribution is -0.139. The van der Waals surface area contributed by atoms with Crippen LogP contribution in [0.2, 0.25) is 0 Å². The molecule has 0 spiro atoms. The third-order valence-corrected chi connectivity index (χ3v) is 4.67. The molecule has 1 amide bonds. The van der Waals surface area contributed by atoms with E-state index >= 15 is 0 Å². The number of para-hydroxylation sites is 1. The normalized spacial score (nSPS) is 10.9. The number of aliphatic carboxylic acids is 1. The predicted molar refractivity (Wildman–Crippen MR) is 111 cm³/mol. The number of carboxylic acid groups (broad SMARTS) is 1. The van der Waals surface area contributed by atoms with Crippen molar-refractivity contribution in [2.45, 2.75) is 6.42 Å². The summed E-state index contributed by atoms with van der Waals surface area (Å²) in [5.41, 5.74) is 3.97. The number of hydrogen-bond donors (Lipinski definition) is 2. The van der Waals surface area contributed by atoms with E-state index in [0.29, 0.717) is 11.3 Å². The molecule has 0 atom stereocenters. The van der Waals surface area contributed by atoms with Gasteiger partial charge in [0.1, 0.15) is 5.75 Å². The van der Waals surface area contributed by atoms with Crippen LogP contribution >= 0.6 is 15.9 Å². The molecule has 0 bridgehead atoms. The monoisotopic (exact) mass is 440 g/mol. The Labute approximate surface area is 170 Å². The summed E-state index contributed by atoms with van der Waals surface area (Å²) < 4.78 is 6.18. The molecule has 142 valence electrons. The van der Waals surface area contributed by atoms with E-state index in [-0.39, 0.29) is 12.3 Å². The van der Waals surface area contributed by atoms with Crippen LogP contribution in [0, 0.1) is 0 Å². The Bertz CT molecular complexity index is 1050. The van der Waals surface area contributed by atoms with Gasteiger partial charge in [0.25, 0.3) is 0 Å². The van der Waals surface area contributed by atoms with Crippen LogP contribution in [0.3, 0.4) is 0 Å². The topological polar surface area (TPSA) is 88.0 Å². The van der Waals surface area contributed by atoms with E-state index in [0.717, 1.165) is 20.8 Å². The Kier molecular flexibility index (Phi) is 6.39. The van der Waals surface area contributed by atoms with E-state index in [9.17, 15) is 9.59 Å². The van der Waals surface area contributed by atoms with Gasteiger partial charge in [0.05, 0.1) is 12.6 Å². The second-order valence-corrected chi connectivity index (χ2v) is 6.80. The molecule has 3 aromatic rings. The number of nitrogens with zero attached hydrogens (tertiary/aromatic N) is 1. The molecule has 0 aliphatic rings. The van der Waals surface area contributed by atoms with Gasteiger partial charge in [-0.2, -0.15) is 5.10 Å². The van der Waals surface area contributed by atoms with Crippen molar-refractivity contribution in [1.82, 2.24) is 5.43 Å². The zero-order valence-electron chi connectivity index (χ0n) is 14.8. The van der Waals surface area contributed by atoms with Gasteiger partial charge in [0.15, 0.2) is 6.61 Å². The Morgan fingerprint density at radius 3 is 2.54 bits per heavy atom. The first kappa shape index (κ1) is 19.6. The number of nitrogens with one attached hydrogen (secondary N) is 1. The number of hydrazone groups is 1. The molecule has 0 fully saturated rings. The maximum absolute atomic E-state index is 12.3. The van der Waals surface area contributed by atoms with Crippen LogP contribution in [0.25, 0.3) is 10.8 Å². The minimum absolute atomic E-state index is 0.183. The molecule has 0 aliphatic heterocycles. The molecule has 3 rings (SSSR count). The molecular formula is C21H17BrN2O4. The van der Waals surface area contributed by atoms with Crippen LogP contribution in [0.5, 0.6) is 5.75 Å². The maximum atomic E-state index is 12.3. The van der Waals surface area contributed by atoms with Gasteiger partial charge in [0.2, 0.25) is 5.91 Å². The fourth-order valence-corrected chi connectivity index (χ4v) is 3.20. The summed E-state index contributed by atoms with van der Waals surface area (Å²) in [5.74, 6) is -0.948. The van der Waals surface area contributed by atoms with Gasteiger partial charge in [0, 0.05) is 10.0 Å². The van der Waals surface area contributed by atoms with Gasteiger partial charge >= 0.3 is 5.97 Å². The summed E-state index contributed by atoms with van der Waals surface area (Å²) in [6.45, 7) is -0.451. The maximum Gasteiger partial charge on any atom is 0.341 e. The zero-order chi connectivity index (χ0) is 19.9. The highest BCUT2D eigenvalue weighted by atomic mass is 79.9. The van der Waals surface area contributed by atoms with Crippen molar-refractivity contribution < 1.29 is 19.4 Å². The Hall–Kier alpha value is -3.19. The van der Waals surface area contributed by atoms with Crippen LogP contribution in [0.4, 0.5) is 0 Å². The zero-order valence-corrected chi connectivity index (χ0v) is 16.3. The van der Waals surface area contributed by atoms with E-state index < -0.39 is 12.6 Å². The smallest absolute Gasteiger partial charge is 0.341 e. The molecule has 7 heteroatoms. The van der Waals surface area contributed by atoms with Gasteiger partial charge < -0.3 is 9.84 Å². The molecule has 0 aromatic heterocycles. The fraction of sp³-hybridized carbons (Fsp3) is 0.0952. The fourth-order valence-electron chi connectivity index (χ4n) is 2.72. The van der Waals surface area contributed by atoms with Gasteiger partial charge in [-0.25, -0.2) is 10.2 Å². The van der Waals surface area contributed by atoms with E-state index in [1.54, 1.807) is 24.3 Å². The van der Waals surface area contributed by atoms with Gasteiger partial charge in [-0.15, -0.1) is 0 Å². The van der Waals surface area contributed by atoms with Crippen LogP contribution in [-0.2, 0) is 16.0 Å². The largest absolute Gasteiger partial charge is 0.481 e. The number of ether oxygens (including phenoxy) is 1. The van der Waals surface area contributed by atoms with Gasteiger partial charge in [-0.1, -0.05) is 58.4 Å². The van der Waals surface area contributed by atoms with Crippen molar-refractivity contribution in [3.05, 3.63) is 76.3 Å². The third kappa shape index (κ3) is 4.95. The van der Waals surface area contributed by atoms with Crippen molar-refractivity contribution in [3.63, 3.8) is 0 Å². The number of rotatable bonds is 7. The number of halogens is 1. The minimum Gasteiger partial charge on any atom is -0.481 e. The Balaban J connectivity index is 1.67. The average molecular weight is 441 g/mol. The van der Waals surface area contributed by atoms with E-state index in [1.165, 1.54) is 6.21 Å². The first-order valence-corrected chi connectivity index (χ1v) is 9.25. The summed E-state index contributed by atoms with van der Waals surface area (Å²) in [6, 6.07) is 18.5. The molecular weight excluding hydrogens is 424 g/mol. The summed E-state index contributed by atoms with van der Waals surface area (Å²) in [6.07, 6.45) is 1.61. The minimum atomic E-state index is -1.07. The number of fused-ring (bicyclic) bond motifs is 1. The van der Waals surface area contributed by atoms with Crippen LogP contribution in [0.1, 0.15) is 11.1 Å². The number of carbonyl (C=O) groups excluding carboxylic acids is 1. The summed E-state index contributed by atoms with van der Waals surface area (Å²) >= 11 is 3.52. The average Bonchev–Trinajstić information content (AvgIpc) is 2.69. The van der Waals surface area contributed by atoms with Crippen molar-refractivity contribution in [3.8, 4) is 5.75 Å². The van der Waals surface area contributed by atoms with Crippen molar-refractivity contribution in [2.24, 2.45) is 5.10 Å². The second kappa shape index (κ2) is 9.14. The Morgan fingerprint density at radius 2 is 1.75 bits per heavy atom. The molecule has 0 unspecified atom stereocenters. The standard InChI is InChI=1S/C21H17BrN2O4/c22-18-10-9-14(16-6-2-3-7-17(16)18)11-20(25)24-23-12-15-5-1-4-8-19(15)28-13-21(26)27/h1-10,12H,11,13H2,(H,24,25)(H,26,27)/b23-12-. The molecule has 0 saturated heterocycles. The highest BCUT2D eigenvalue weighted by Crippen LogP contribution is 2.27. The first-order valence-electron chi connectivity index (χ1n) is 8.46. The van der Waals surface area contributed by atoms with Gasteiger partial charge in [-0.3, -0.25) is 4.79 Å². The molecule has 3 aromatic carbocycles. The van der Waals surface area contributed by atoms with Crippen molar-refractivity contribution >= 4 is 44.8 Å². The summed E-state index contributed by atoms with van der Waals surface area (Å²) in [7, 11) is 0. The highest BCUT2D eigenvalue weighted by molar-refractivity contribution is 9.10. The lowest BCUT2D eigenvalue weighted by Crippen LogP contribution is -2.20. The second-order valence-electron chi connectivity index (χ2n) is 5.94. The number of carbonyl (C=O) groups is 2. The van der Waals surface area contributed by atoms with E-state index in [4.69, 9.17) is 9.84 Å². The lowest BCUT2D eigenvalue weighted by atomic mass is 10.0. The number of benzene rings is 3. The highest BCUT2D eigenvalue weighted by Gasteiger charge is 2.08. The van der Waals surface area contributed by atoms with Crippen LogP contribution in [0.15, 0.2) is 70.2 Å². The molecule has 2 N–H and O–H groups in total. The number of amides is 1. The number of carboxylic acids is 1. The third-order valence-electron chi connectivity index (χ3n) is 3.98. The van der Waals surface area contributed by atoms with Crippen molar-refractivity contribution in [2.75, 3.05) is 6.61 Å². The Morgan fingerprint density at radius 1 is 1.04 bits per heavy atom. The number of hydrogen-bond acceptors (Lipinski definition) is 4. The van der Waals surface area contributed by atoms with E-state index in [1.807, 2.05) is 36.4 Å². The van der Waals surface area contributed by atoms with Crippen LogP contribution in [-0.4, -0.2) is 29.8 Å². The SMILES string of the molecule is O=C(O)COc1ccccc1/C=N\NC(=O)Cc1ccc(Br)c2ccccc12. The van der Waals surface area contributed by atoms with Gasteiger partial charge in [-0.05, 0) is 34.5 Å². The predicted octanol–water partition coefficient (Wildman–Crippen LogP) is 3.76. The molecule has 28 heavy (non-hydrogen) atoms. The molecule has 0 aliphatic carbocycles. The first-order chi connectivity index (χ1) is 13.5. The summed E-state index contributed by atoms with van der Waals surface area (Å²) in [4.78, 5) is 22.9. The molecule has 0 saturated carbocycles. The molecule has 0 radical (unpaired) electrons. The van der Waals surface area contributed by atoms with E-state index in [2.05, 4.69) is 26.5 Å². The lowest BCUT2D eigenvalue weighted by Gasteiger charge is -2.08. The summed E-state index contributed by atoms with van der Waals surface area (Å²) in [5, 5.41) is 14.7. The van der Waals surface area contributed by atoms with Crippen molar-refractivity contribution in [1.29, 1.82) is 0 Å². The van der Waals surface area contributed by atoms with Crippen LogP contribution < -0.4 is 10.2 Å². The molecule has 6 nitrogen and oxygen atoms in total. The quantitative estimate of drug-likeness (QED) is 0.432. The molecule has 0 heterocycles.